The Labute approximate surface area is 102 Å². The van der Waals surface area contributed by atoms with Gasteiger partial charge in [0.05, 0.1) is 17.9 Å². The molecular weight excluding hydrogens is 216 g/mol. The van der Waals surface area contributed by atoms with Crippen molar-refractivity contribution in [3.63, 3.8) is 0 Å². The first-order chi connectivity index (χ1) is 8.00. The highest BCUT2D eigenvalue weighted by molar-refractivity contribution is 6.05. The molecule has 0 aromatic carbocycles. The molecule has 94 valence electrons. The van der Waals surface area contributed by atoms with E-state index >= 15 is 0 Å². The van der Waals surface area contributed by atoms with Crippen LogP contribution in [0.3, 0.4) is 0 Å². The van der Waals surface area contributed by atoms with Gasteiger partial charge in [0, 0.05) is 12.7 Å². The lowest BCUT2D eigenvalue weighted by atomic mass is 9.97. The van der Waals surface area contributed by atoms with Gasteiger partial charge in [0.2, 0.25) is 5.91 Å². The average molecular weight is 236 g/mol. The van der Waals surface area contributed by atoms with E-state index in [9.17, 15) is 4.79 Å². The summed E-state index contributed by atoms with van der Waals surface area (Å²) in [6.45, 7) is 7.21. The van der Waals surface area contributed by atoms with Gasteiger partial charge in [0.1, 0.15) is 6.04 Å². The number of nitrogens with zero attached hydrogens (tertiary/aromatic N) is 3. The molecule has 1 aliphatic rings. The van der Waals surface area contributed by atoms with Gasteiger partial charge in [0.15, 0.2) is 0 Å². The van der Waals surface area contributed by atoms with Crippen LogP contribution in [0.1, 0.15) is 27.2 Å². The number of nitrogens with two attached hydrogens (primary N) is 1. The third kappa shape index (κ3) is 2.20. The van der Waals surface area contributed by atoms with Crippen LogP contribution in [0.25, 0.3) is 0 Å². The van der Waals surface area contributed by atoms with Crippen molar-refractivity contribution in [3.8, 4) is 0 Å². The summed E-state index contributed by atoms with van der Waals surface area (Å²) in [7, 11) is 0. The Morgan fingerprint density at radius 1 is 1.53 bits per heavy atom. The lowest BCUT2D eigenvalue weighted by Crippen LogP contribution is -2.67. The number of aryl methyl sites for hydroxylation is 1. The topological polar surface area (TPSA) is 64.2 Å². The average Bonchev–Trinajstić information content (AvgIpc) is 2.74. The summed E-state index contributed by atoms with van der Waals surface area (Å²) in [5, 5.41) is 4.27. The minimum Gasteiger partial charge on any atom is -0.318 e. The van der Waals surface area contributed by atoms with E-state index in [1.165, 1.54) is 0 Å². The Bertz CT molecular complexity index is 412. The van der Waals surface area contributed by atoms with Crippen LogP contribution in [0.2, 0.25) is 0 Å². The van der Waals surface area contributed by atoms with Gasteiger partial charge < -0.3 is 10.6 Å². The maximum atomic E-state index is 11.6. The molecular formula is C12H20N4O. The third-order valence-corrected chi connectivity index (χ3v) is 3.28. The number of aromatic nitrogens is 2. The summed E-state index contributed by atoms with van der Waals surface area (Å²) in [5.41, 5.74) is 6.53. The lowest BCUT2D eigenvalue weighted by molar-refractivity contribution is -0.125. The maximum absolute atomic E-state index is 11.6. The second-order valence-corrected chi connectivity index (χ2v) is 5.12. The van der Waals surface area contributed by atoms with E-state index in [1.807, 2.05) is 17.8 Å². The number of amides is 1. The van der Waals surface area contributed by atoms with Crippen molar-refractivity contribution in [2.24, 2.45) is 11.7 Å². The predicted octanol–water partition coefficient (Wildman–Crippen LogP) is 0.992. The summed E-state index contributed by atoms with van der Waals surface area (Å²) < 4.78 is 1.89. The summed E-state index contributed by atoms with van der Waals surface area (Å²) in [5.74, 6) is 0.640. The molecule has 0 radical (unpaired) electrons. The zero-order chi connectivity index (χ0) is 12.6. The highest BCUT2D eigenvalue weighted by Gasteiger charge is 2.43. The van der Waals surface area contributed by atoms with Crippen molar-refractivity contribution in [1.82, 2.24) is 9.78 Å². The molecule has 0 bridgehead atoms. The van der Waals surface area contributed by atoms with Crippen molar-refractivity contribution < 1.29 is 4.79 Å². The summed E-state index contributed by atoms with van der Waals surface area (Å²) in [6, 6.07) is -0.278. The lowest BCUT2D eigenvalue weighted by Gasteiger charge is -2.42. The summed E-state index contributed by atoms with van der Waals surface area (Å²) in [4.78, 5) is 13.3. The highest BCUT2D eigenvalue weighted by atomic mass is 16.2. The second-order valence-electron chi connectivity index (χ2n) is 5.12. The zero-order valence-electron chi connectivity index (χ0n) is 10.6. The fraction of sp³-hybridized carbons (Fsp3) is 0.667. The Balaban J connectivity index is 2.01. The van der Waals surface area contributed by atoms with Crippen LogP contribution < -0.4 is 10.6 Å². The van der Waals surface area contributed by atoms with E-state index in [2.05, 4.69) is 18.9 Å². The van der Waals surface area contributed by atoms with E-state index in [0.717, 1.165) is 18.7 Å². The van der Waals surface area contributed by atoms with Crippen LogP contribution in [0, 0.1) is 5.92 Å². The molecule has 5 heteroatoms. The molecule has 1 fully saturated rings. The molecule has 1 aliphatic heterocycles. The van der Waals surface area contributed by atoms with E-state index < -0.39 is 0 Å². The van der Waals surface area contributed by atoms with Crippen molar-refractivity contribution in [1.29, 1.82) is 0 Å². The van der Waals surface area contributed by atoms with Gasteiger partial charge in [-0.15, -0.1) is 0 Å². The SMILES string of the molecule is CC(C)CCn1cc(N2C(=O)C(N)C2C)cn1. The molecule has 2 N–H and O–H groups in total. The van der Waals surface area contributed by atoms with Crippen molar-refractivity contribution in [2.75, 3.05) is 4.90 Å². The fourth-order valence-corrected chi connectivity index (χ4v) is 2.00. The third-order valence-electron chi connectivity index (χ3n) is 3.28. The molecule has 5 nitrogen and oxygen atoms in total. The molecule has 1 saturated heterocycles. The number of carbonyl (C=O) groups is 1. The zero-order valence-corrected chi connectivity index (χ0v) is 10.6. The fourth-order valence-electron chi connectivity index (χ4n) is 2.00. The molecule has 17 heavy (non-hydrogen) atoms. The van der Waals surface area contributed by atoms with Gasteiger partial charge >= 0.3 is 0 Å². The molecule has 1 aromatic heterocycles. The number of carbonyl (C=O) groups excluding carboxylic acids is 1. The molecule has 2 atom stereocenters. The van der Waals surface area contributed by atoms with Crippen LogP contribution in [-0.2, 0) is 11.3 Å². The molecule has 0 aliphatic carbocycles. The highest BCUT2D eigenvalue weighted by Crippen LogP contribution is 2.26. The van der Waals surface area contributed by atoms with Crippen molar-refractivity contribution >= 4 is 11.6 Å². The van der Waals surface area contributed by atoms with Gasteiger partial charge in [-0.3, -0.25) is 9.48 Å². The van der Waals surface area contributed by atoms with E-state index in [1.54, 1.807) is 11.1 Å². The summed E-state index contributed by atoms with van der Waals surface area (Å²) in [6.07, 6.45) is 4.74. The molecule has 2 unspecified atom stereocenters. The molecule has 2 rings (SSSR count). The van der Waals surface area contributed by atoms with Crippen LogP contribution in [0.15, 0.2) is 12.4 Å². The Hall–Kier alpha value is -1.36. The summed E-state index contributed by atoms with van der Waals surface area (Å²) >= 11 is 0. The standard InChI is InChI=1S/C12H20N4O/c1-8(2)4-5-15-7-10(6-14-15)16-9(3)11(13)12(16)17/h6-9,11H,4-5,13H2,1-3H3. The largest absolute Gasteiger partial charge is 0.318 e. The van der Waals surface area contributed by atoms with Gasteiger partial charge in [-0.25, -0.2) is 0 Å². The molecule has 0 saturated carbocycles. The van der Waals surface area contributed by atoms with Gasteiger partial charge in [-0.1, -0.05) is 13.8 Å². The van der Waals surface area contributed by atoms with E-state index in [0.29, 0.717) is 5.92 Å². The van der Waals surface area contributed by atoms with Crippen molar-refractivity contribution in [3.05, 3.63) is 12.4 Å². The Morgan fingerprint density at radius 2 is 2.24 bits per heavy atom. The first-order valence-corrected chi connectivity index (χ1v) is 6.12. The Morgan fingerprint density at radius 3 is 2.82 bits per heavy atom. The van der Waals surface area contributed by atoms with Crippen LogP contribution in [-0.4, -0.2) is 27.8 Å². The number of hydrogen-bond acceptors (Lipinski definition) is 3. The smallest absolute Gasteiger partial charge is 0.246 e. The van der Waals surface area contributed by atoms with Gasteiger partial charge in [0.25, 0.3) is 0 Å². The number of β-lactam (4-membered cyclic amide) rings is 1. The van der Waals surface area contributed by atoms with E-state index in [4.69, 9.17) is 5.73 Å². The monoisotopic (exact) mass is 236 g/mol. The first-order valence-electron chi connectivity index (χ1n) is 6.12. The Kier molecular flexibility index (Phi) is 3.19. The first kappa shape index (κ1) is 12.1. The van der Waals surface area contributed by atoms with Crippen molar-refractivity contribution in [2.45, 2.75) is 45.8 Å². The quantitative estimate of drug-likeness (QED) is 0.793. The molecule has 0 spiro atoms. The van der Waals surface area contributed by atoms with Crippen LogP contribution in [0.5, 0.6) is 0 Å². The number of rotatable bonds is 4. The number of hydrogen-bond donors (Lipinski definition) is 1. The molecule has 1 amide bonds. The van der Waals surface area contributed by atoms with Gasteiger partial charge in [-0.05, 0) is 19.3 Å². The molecule has 1 aromatic rings. The van der Waals surface area contributed by atoms with Crippen LogP contribution >= 0.6 is 0 Å². The minimum absolute atomic E-state index is 0.0130. The number of anilines is 1. The van der Waals surface area contributed by atoms with Crippen LogP contribution in [0.4, 0.5) is 5.69 Å². The predicted molar refractivity (Wildman–Crippen MR) is 66.6 cm³/mol. The molecule has 2 heterocycles. The second kappa shape index (κ2) is 4.49. The minimum atomic E-state index is -0.353. The maximum Gasteiger partial charge on any atom is 0.246 e. The normalized spacial score (nSPS) is 24.3. The van der Waals surface area contributed by atoms with E-state index in [-0.39, 0.29) is 18.0 Å². The van der Waals surface area contributed by atoms with Gasteiger partial charge in [-0.2, -0.15) is 5.10 Å².